The van der Waals surface area contributed by atoms with Gasteiger partial charge in [-0.25, -0.2) is 0 Å². The van der Waals surface area contributed by atoms with Crippen LogP contribution in [-0.2, 0) is 0 Å². The van der Waals surface area contributed by atoms with E-state index in [1.54, 1.807) is 35.3 Å². The van der Waals surface area contributed by atoms with Crippen LogP contribution < -0.4 is 4.74 Å². The molecule has 4 nitrogen and oxygen atoms in total. The lowest BCUT2D eigenvalue weighted by Gasteiger charge is -2.05. The maximum absolute atomic E-state index is 9.00. The minimum Gasteiger partial charge on any atom is -0.453 e. The van der Waals surface area contributed by atoms with E-state index in [1.165, 1.54) is 0 Å². The van der Waals surface area contributed by atoms with Crippen LogP contribution in [0.1, 0.15) is 25.5 Å². The lowest BCUT2D eigenvalue weighted by Crippen LogP contribution is -1.99. The number of hydrogen-bond donors (Lipinski definition) is 0. The maximum atomic E-state index is 9.00. The smallest absolute Gasteiger partial charge is 0.165 e. The first kappa shape index (κ1) is 12.5. The molecular formula is C13H12ClN3O. The van der Waals surface area contributed by atoms with Crippen molar-refractivity contribution < 1.29 is 4.74 Å². The molecule has 2 aromatic rings. The van der Waals surface area contributed by atoms with Crippen molar-refractivity contribution in [1.82, 2.24) is 9.78 Å². The fraction of sp³-hybridized carbons (Fsp3) is 0.231. The summed E-state index contributed by atoms with van der Waals surface area (Å²) >= 11 is 5.82. The summed E-state index contributed by atoms with van der Waals surface area (Å²) in [5.74, 6) is 1.08. The highest BCUT2D eigenvalue weighted by Crippen LogP contribution is 2.27. The van der Waals surface area contributed by atoms with Gasteiger partial charge in [0.1, 0.15) is 11.8 Å². The number of aromatic nitrogens is 2. The van der Waals surface area contributed by atoms with Crippen molar-refractivity contribution in [1.29, 1.82) is 5.26 Å². The number of halogens is 1. The first-order valence-electron chi connectivity index (χ1n) is 5.52. The van der Waals surface area contributed by atoms with Gasteiger partial charge in [0.15, 0.2) is 5.75 Å². The number of hydrogen-bond acceptors (Lipinski definition) is 3. The van der Waals surface area contributed by atoms with Crippen molar-refractivity contribution in [3.05, 3.63) is 41.2 Å². The van der Waals surface area contributed by atoms with Crippen LogP contribution in [0.15, 0.2) is 30.6 Å². The largest absolute Gasteiger partial charge is 0.453 e. The molecule has 0 saturated carbocycles. The van der Waals surface area contributed by atoms with Gasteiger partial charge in [0.2, 0.25) is 0 Å². The first-order chi connectivity index (χ1) is 8.60. The van der Waals surface area contributed by atoms with Gasteiger partial charge in [0.05, 0.1) is 18.0 Å². The average Bonchev–Trinajstić information content (AvgIpc) is 2.80. The van der Waals surface area contributed by atoms with Crippen molar-refractivity contribution in [2.45, 2.75) is 19.9 Å². The zero-order valence-electron chi connectivity index (χ0n) is 10.1. The SMILES string of the molecule is CC(C)n1cc(Oc2ccc(Cl)cc2C#N)cn1. The molecule has 18 heavy (non-hydrogen) atoms. The summed E-state index contributed by atoms with van der Waals surface area (Å²) in [5, 5.41) is 13.7. The van der Waals surface area contributed by atoms with Crippen molar-refractivity contribution in [3.63, 3.8) is 0 Å². The third-order valence-electron chi connectivity index (χ3n) is 2.40. The minimum absolute atomic E-state index is 0.267. The molecule has 0 fully saturated rings. The fourth-order valence-corrected chi connectivity index (χ4v) is 1.63. The van der Waals surface area contributed by atoms with Gasteiger partial charge in [0, 0.05) is 11.1 Å². The Hall–Kier alpha value is -1.99. The Balaban J connectivity index is 2.26. The summed E-state index contributed by atoms with van der Waals surface area (Å²) < 4.78 is 7.41. The molecule has 0 aliphatic rings. The predicted molar refractivity (Wildman–Crippen MR) is 68.9 cm³/mol. The Bertz CT molecular complexity index is 599. The lowest BCUT2D eigenvalue weighted by atomic mass is 10.2. The highest BCUT2D eigenvalue weighted by Gasteiger charge is 2.08. The second-order valence-electron chi connectivity index (χ2n) is 4.10. The lowest BCUT2D eigenvalue weighted by molar-refractivity contribution is 0.475. The van der Waals surface area contributed by atoms with Crippen LogP contribution >= 0.6 is 11.6 Å². The van der Waals surface area contributed by atoms with Crippen molar-refractivity contribution in [3.8, 4) is 17.6 Å². The van der Waals surface area contributed by atoms with E-state index >= 15 is 0 Å². The van der Waals surface area contributed by atoms with Gasteiger partial charge in [-0.3, -0.25) is 4.68 Å². The van der Waals surface area contributed by atoms with Crippen molar-refractivity contribution >= 4 is 11.6 Å². The van der Waals surface area contributed by atoms with E-state index in [0.717, 1.165) is 0 Å². The monoisotopic (exact) mass is 261 g/mol. The third-order valence-corrected chi connectivity index (χ3v) is 2.63. The molecule has 0 aliphatic carbocycles. The molecule has 0 atom stereocenters. The van der Waals surface area contributed by atoms with Crippen LogP contribution in [0.2, 0.25) is 5.02 Å². The molecule has 0 radical (unpaired) electrons. The van der Waals surface area contributed by atoms with Crippen LogP contribution in [0.25, 0.3) is 0 Å². The van der Waals surface area contributed by atoms with Crippen LogP contribution in [0, 0.1) is 11.3 Å². The zero-order chi connectivity index (χ0) is 13.1. The first-order valence-corrected chi connectivity index (χ1v) is 5.89. The highest BCUT2D eigenvalue weighted by atomic mass is 35.5. The van der Waals surface area contributed by atoms with E-state index in [-0.39, 0.29) is 6.04 Å². The molecule has 0 saturated heterocycles. The number of nitrogens with zero attached hydrogens (tertiary/aromatic N) is 3. The second kappa shape index (κ2) is 5.11. The van der Waals surface area contributed by atoms with Crippen LogP contribution in [0.5, 0.6) is 11.5 Å². The van der Waals surface area contributed by atoms with Crippen molar-refractivity contribution in [2.24, 2.45) is 0 Å². The van der Waals surface area contributed by atoms with Gasteiger partial charge >= 0.3 is 0 Å². The summed E-state index contributed by atoms with van der Waals surface area (Å²) in [6.07, 6.45) is 3.41. The molecule has 0 bridgehead atoms. The summed E-state index contributed by atoms with van der Waals surface area (Å²) in [6, 6.07) is 7.25. The Kier molecular flexibility index (Phi) is 3.54. The summed E-state index contributed by atoms with van der Waals surface area (Å²) in [4.78, 5) is 0. The van der Waals surface area contributed by atoms with Crippen LogP contribution in [-0.4, -0.2) is 9.78 Å². The minimum atomic E-state index is 0.267. The molecule has 0 unspecified atom stereocenters. The molecular weight excluding hydrogens is 250 g/mol. The van der Waals surface area contributed by atoms with E-state index in [2.05, 4.69) is 5.10 Å². The van der Waals surface area contributed by atoms with Gasteiger partial charge < -0.3 is 4.74 Å². The molecule has 1 heterocycles. The average molecular weight is 262 g/mol. The van der Waals surface area contributed by atoms with Gasteiger partial charge in [-0.1, -0.05) is 11.6 Å². The van der Waals surface area contributed by atoms with Gasteiger partial charge in [0.25, 0.3) is 0 Å². The van der Waals surface area contributed by atoms with Gasteiger partial charge in [-0.2, -0.15) is 10.4 Å². The Morgan fingerprint density at radius 1 is 1.44 bits per heavy atom. The Morgan fingerprint density at radius 2 is 2.22 bits per heavy atom. The topological polar surface area (TPSA) is 50.8 Å². The molecule has 0 spiro atoms. The molecule has 0 amide bonds. The molecule has 1 aromatic heterocycles. The van der Waals surface area contributed by atoms with E-state index in [9.17, 15) is 0 Å². The fourth-order valence-electron chi connectivity index (χ4n) is 1.46. The molecule has 92 valence electrons. The van der Waals surface area contributed by atoms with E-state index in [0.29, 0.717) is 22.1 Å². The number of nitriles is 1. The Morgan fingerprint density at radius 3 is 2.83 bits per heavy atom. The predicted octanol–water partition coefficient (Wildman–Crippen LogP) is 3.78. The summed E-state index contributed by atoms with van der Waals surface area (Å²) in [7, 11) is 0. The zero-order valence-corrected chi connectivity index (χ0v) is 10.8. The molecule has 5 heteroatoms. The van der Waals surface area contributed by atoms with E-state index < -0.39 is 0 Å². The second-order valence-corrected chi connectivity index (χ2v) is 4.54. The van der Waals surface area contributed by atoms with Gasteiger partial charge in [-0.15, -0.1) is 0 Å². The molecule has 0 aliphatic heterocycles. The third kappa shape index (κ3) is 2.63. The van der Waals surface area contributed by atoms with Crippen LogP contribution in [0.3, 0.4) is 0 Å². The maximum Gasteiger partial charge on any atom is 0.165 e. The summed E-state index contributed by atoms with van der Waals surface area (Å²) in [6.45, 7) is 4.06. The molecule has 0 N–H and O–H groups in total. The highest BCUT2D eigenvalue weighted by molar-refractivity contribution is 6.30. The summed E-state index contributed by atoms with van der Waals surface area (Å²) in [5.41, 5.74) is 0.403. The molecule has 2 rings (SSSR count). The Labute approximate surface area is 110 Å². The number of benzene rings is 1. The van der Waals surface area contributed by atoms with Gasteiger partial charge in [-0.05, 0) is 32.0 Å². The number of rotatable bonds is 3. The quantitative estimate of drug-likeness (QED) is 0.845. The standard InChI is InChI=1S/C13H12ClN3O/c1-9(2)17-8-12(7-16-17)18-13-4-3-11(14)5-10(13)6-15/h3-5,7-9H,1-2H3. The normalized spacial score (nSPS) is 10.4. The van der Waals surface area contributed by atoms with Crippen molar-refractivity contribution in [2.75, 3.05) is 0 Å². The molecule has 1 aromatic carbocycles. The van der Waals surface area contributed by atoms with E-state index in [4.69, 9.17) is 21.6 Å². The van der Waals surface area contributed by atoms with E-state index in [1.807, 2.05) is 19.9 Å². The van der Waals surface area contributed by atoms with Crippen LogP contribution in [0.4, 0.5) is 0 Å². The number of ether oxygens (including phenoxy) is 1.